The highest BCUT2D eigenvalue weighted by Crippen LogP contribution is 2.35. The molecule has 1 aromatic heterocycles. The van der Waals surface area contributed by atoms with E-state index >= 15 is 0 Å². The van der Waals surface area contributed by atoms with Crippen LogP contribution in [0.3, 0.4) is 0 Å². The predicted molar refractivity (Wildman–Crippen MR) is 93.6 cm³/mol. The van der Waals surface area contributed by atoms with Crippen molar-refractivity contribution in [1.29, 1.82) is 0 Å². The van der Waals surface area contributed by atoms with Crippen LogP contribution < -0.4 is 16.4 Å². The van der Waals surface area contributed by atoms with Gasteiger partial charge in [0.15, 0.2) is 0 Å². The Morgan fingerprint density at radius 1 is 1.17 bits per heavy atom. The minimum Gasteiger partial charge on any atom is -0.368 e. The van der Waals surface area contributed by atoms with E-state index in [1.54, 1.807) is 0 Å². The summed E-state index contributed by atoms with van der Waals surface area (Å²) >= 11 is 0. The fraction of sp³-hybridized carbons (Fsp3) is 0.750. The molecule has 1 aromatic rings. The molecule has 0 aromatic carbocycles. The summed E-state index contributed by atoms with van der Waals surface area (Å²) in [6, 6.07) is 2.43. The van der Waals surface area contributed by atoms with E-state index in [0.29, 0.717) is 17.9 Å². The first kappa shape index (κ1) is 16.4. The van der Waals surface area contributed by atoms with Crippen LogP contribution >= 0.6 is 0 Å². The van der Waals surface area contributed by atoms with Gasteiger partial charge in [-0.3, -0.25) is 4.90 Å². The number of likely N-dealkylation sites (N-methyl/N-ethyl adjacent to an activating group) is 1. The number of nitrogen functional groups attached to an aromatic ring is 1. The minimum atomic E-state index is 0.319. The van der Waals surface area contributed by atoms with Crippen molar-refractivity contribution >= 4 is 11.8 Å². The summed E-state index contributed by atoms with van der Waals surface area (Å²) < 4.78 is 0. The fourth-order valence-electron chi connectivity index (χ4n) is 3.29. The summed E-state index contributed by atoms with van der Waals surface area (Å²) in [6.07, 6.45) is 2.02. The highest BCUT2D eigenvalue weighted by Gasteiger charge is 2.29. The molecule has 0 amide bonds. The second kappa shape index (κ2) is 6.98. The standard InChI is InChI=1S/C16H29N7/c1-21(2)3-4-22-5-7-23(8-6-22)15-11-14(19-16(18)20-15)12-9-13(17)10-12/h11-13H,3-10,17H2,1-2H3,(H2,18,19,20). The molecule has 1 saturated carbocycles. The van der Waals surface area contributed by atoms with Crippen LogP contribution in [0, 0.1) is 0 Å². The summed E-state index contributed by atoms with van der Waals surface area (Å²) in [4.78, 5) is 15.9. The van der Waals surface area contributed by atoms with E-state index in [4.69, 9.17) is 11.5 Å². The van der Waals surface area contributed by atoms with Gasteiger partial charge >= 0.3 is 0 Å². The molecule has 3 rings (SSSR count). The first-order valence-corrected chi connectivity index (χ1v) is 8.53. The lowest BCUT2D eigenvalue weighted by molar-refractivity contribution is 0.229. The molecular weight excluding hydrogens is 290 g/mol. The van der Waals surface area contributed by atoms with Crippen LogP contribution in [0.25, 0.3) is 0 Å². The Balaban J connectivity index is 1.59. The van der Waals surface area contributed by atoms with E-state index in [0.717, 1.165) is 63.6 Å². The average Bonchev–Trinajstić information content (AvgIpc) is 2.49. The van der Waals surface area contributed by atoms with Crippen molar-refractivity contribution in [2.45, 2.75) is 24.8 Å². The van der Waals surface area contributed by atoms with Crippen LogP contribution in [0.2, 0.25) is 0 Å². The molecule has 1 aliphatic carbocycles. The van der Waals surface area contributed by atoms with Gasteiger partial charge in [0.25, 0.3) is 0 Å². The van der Waals surface area contributed by atoms with Gasteiger partial charge in [-0.15, -0.1) is 0 Å². The summed E-state index contributed by atoms with van der Waals surface area (Å²) in [5, 5.41) is 0. The molecule has 0 unspecified atom stereocenters. The third-order valence-corrected chi connectivity index (χ3v) is 4.90. The first-order valence-electron chi connectivity index (χ1n) is 8.53. The van der Waals surface area contributed by atoms with Crippen molar-refractivity contribution in [3.05, 3.63) is 11.8 Å². The van der Waals surface area contributed by atoms with Crippen LogP contribution in [-0.4, -0.2) is 79.2 Å². The Morgan fingerprint density at radius 2 is 1.87 bits per heavy atom. The van der Waals surface area contributed by atoms with Crippen LogP contribution in [0.4, 0.5) is 11.8 Å². The molecule has 0 bridgehead atoms. The van der Waals surface area contributed by atoms with Crippen molar-refractivity contribution < 1.29 is 0 Å². The fourth-order valence-corrected chi connectivity index (χ4v) is 3.29. The molecule has 128 valence electrons. The number of hydrogen-bond donors (Lipinski definition) is 2. The van der Waals surface area contributed by atoms with Gasteiger partial charge in [0.05, 0.1) is 5.69 Å². The van der Waals surface area contributed by atoms with Gasteiger partial charge in [0.2, 0.25) is 5.95 Å². The Bertz CT molecular complexity index is 519. The predicted octanol–water partition coefficient (Wildman–Crippen LogP) is -0.0529. The molecule has 2 heterocycles. The zero-order valence-electron chi connectivity index (χ0n) is 14.3. The van der Waals surface area contributed by atoms with Gasteiger partial charge < -0.3 is 21.3 Å². The normalized spacial score (nSPS) is 25.7. The van der Waals surface area contributed by atoms with E-state index in [1.807, 2.05) is 0 Å². The average molecular weight is 319 g/mol. The highest BCUT2D eigenvalue weighted by atomic mass is 15.3. The van der Waals surface area contributed by atoms with Gasteiger partial charge in [-0.1, -0.05) is 0 Å². The molecule has 4 N–H and O–H groups in total. The van der Waals surface area contributed by atoms with Crippen LogP contribution in [-0.2, 0) is 0 Å². The molecule has 23 heavy (non-hydrogen) atoms. The molecule has 2 fully saturated rings. The lowest BCUT2D eigenvalue weighted by atomic mass is 9.78. The van der Waals surface area contributed by atoms with Crippen molar-refractivity contribution in [2.75, 3.05) is 64.0 Å². The lowest BCUT2D eigenvalue weighted by Crippen LogP contribution is -2.48. The van der Waals surface area contributed by atoms with Gasteiger partial charge in [-0.2, -0.15) is 4.98 Å². The number of aromatic nitrogens is 2. The molecule has 1 aliphatic heterocycles. The summed E-state index contributed by atoms with van der Waals surface area (Å²) in [5.74, 6) is 1.81. The molecule has 2 aliphatic rings. The molecule has 7 nitrogen and oxygen atoms in total. The van der Waals surface area contributed by atoms with E-state index in [1.165, 1.54) is 0 Å². The quantitative estimate of drug-likeness (QED) is 0.786. The molecule has 0 spiro atoms. The third kappa shape index (κ3) is 4.10. The van der Waals surface area contributed by atoms with Gasteiger partial charge in [-0.25, -0.2) is 4.98 Å². The number of nitrogens with two attached hydrogens (primary N) is 2. The zero-order chi connectivity index (χ0) is 16.4. The highest BCUT2D eigenvalue weighted by molar-refractivity contribution is 5.45. The van der Waals surface area contributed by atoms with Gasteiger partial charge in [0, 0.05) is 57.3 Å². The van der Waals surface area contributed by atoms with E-state index < -0.39 is 0 Å². The van der Waals surface area contributed by atoms with Crippen molar-refractivity contribution in [2.24, 2.45) is 5.73 Å². The van der Waals surface area contributed by atoms with Gasteiger partial charge in [-0.05, 0) is 26.9 Å². The van der Waals surface area contributed by atoms with Crippen molar-refractivity contribution in [3.8, 4) is 0 Å². The molecule has 7 heteroatoms. The van der Waals surface area contributed by atoms with Crippen molar-refractivity contribution in [1.82, 2.24) is 19.8 Å². The van der Waals surface area contributed by atoms with Crippen LogP contribution in [0.1, 0.15) is 24.5 Å². The minimum absolute atomic E-state index is 0.319. The monoisotopic (exact) mass is 319 g/mol. The summed E-state index contributed by atoms with van der Waals surface area (Å²) in [5.41, 5.74) is 12.9. The van der Waals surface area contributed by atoms with E-state index in [9.17, 15) is 0 Å². The molecular formula is C16H29N7. The number of rotatable bonds is 5. The summed E-state index contributed by atoms with van der Waals surface area (Å²) in [7, 11) is 4.24. The van der Waals surface area contributed by atoms with Crippen molar-refractivity contribution in [3.63, 3.8) is 0 Å². The maximum absolute atomic E-state index is 5.93. The lowest BCUT2D eigenvalue weighted by Gasteiger charge is -2.36. The largest absolute Gasteiger partial charge is 0.368 e. The van der Waals surface area contributed by atoms with Gasteiger partial charge in [0.1, 0.15) is 5.82 Å². The third-order valence-electron chi connectivity index (χ3n) is 4.90. The Hall–Kier alpha value is -1.44. The Morgan fingerprint density at radius 3 is 2.48 bits per heavy atom. The number of anilines is 2. The second-order valence-corrected chi connectivity index (χ2v) is 7.07. The number of hydrogen-bond acceptors (Lipinski definition) is 7. The van der Waals surface area contributed by atoms with Crippen LogP contribution in [0.5, 0.6) is 0 Å². The van der Waals surface area contributed by atoms with E-state index in [2.05, 4.69) is 44.8 Å². The SMILES string of the molecule is CN(C)CCN1CCN(c2cc(C3CC(N)C3)nc(N)n2)CC1. The van der Waals surface area contributed by atoms with Crippen LogP contribution in [0.15, 0.2) is 6.07 Å². The molecule has 1 saturated heterocycles. The second-order valence-electron chi connectivity index (χ2n) is 7.07. The number of piperazine rings is 1. The molecule has 0 radical (unpaired) electrons. The Kier molecular flexibility index (Phi) is 4.99. The smallest absolute Gasteiger partial charge is 0.222 e. The first-order chi connectivity index (χ1) is 11.0. The topological polar surface area (TPSA) is 87.5 Å². The maximum Gasteiger partial charge on any atom is 0.222 e. The Labute approximate surface area is 138 Å². The zero-order valence-corrected chi connectivity index (χ0v) is 14.3. The van der Waals surface area contributed by atoms with E-state index in [-0.39, 0.29) is 0 Å². The molecule has 0 atom stereocenters. The summed E-state index contributed by atoms with van der Waals surface area (Å²) in [6.45, 7) is 6.36. The maximum atomic E-state index is 5.93. The number of nitrogens with zero attached hydrogens (tertiary/aromatic N) is 5.